The van der Waals surface area contributed by atoms with Gasteiger partial charge in [-0.2, -0.15) is 0 Å². The van der Waals surface area contributed by atoms with Crippen molar-refractivity contribution < 1.29 is 9.53 Å². The number of guanidine groups is 1. The van der Waals surface area contributed by atoms with Gasteiger partial charge in [0, 0.05) is 38.8 Å². The number of aliphatic imine (C=N–C) groups is 1. The highest BCUT2D eigenvalue weighted by Crippen LogP contribution is 2.12. The molecule has 1 amide bonds. The quantitative estimate of drug-likeness (QED) is 0.267. The summed E-state index contributed by atoms with van der Waals surface area (Å²) in [6.07, 6.45) is 1.13. The van der Waals surface area contributed by atoms with Gasteiger partial charge in [-0.3, -0.25) is 9.69 Å². The lowest BCUT2D eigenvalue weighted by Gasteiger charge is -2.35. The van der Waals surface area contributed by atoms with E-state index in [0.717, 1.165) is 45.8 Å². The van der Waals surface area contributed by atoms with Gasteiger partial charge in [-0.1, -0.05) is 13.8 Å². The number of halogens is 1. The fourth-order valence-corrected chi connectivity index (χ4v) is 2.81. The van der Waals surface area contributed by atoms with Crippen LogP contribution in [0.5, 0.6) is 0 Å². The Bertz CT molecular complexity index is 387. The highest BCUT2D eigenvalue weighted by molar-refractivity contribution is 14.0. The lowest BCUT2D eigenvalue weighted by atomic mass is 10.0. The lowest BCUT2D eigenvalue weighted by molar-refractivity contribution is -0.119. The van der Waals surface area contributed by atoms with Crippen molar-refractivity contribution in [1.29, 1.82) is 0 Å². The van der Waals surface area contributed by atoms with E-state index in [4.69, 9.17) is 4.74 Å². The Labute approximate surface area is 169 Å². The molecule has 1 aliphatic heterocycles. The van der Waals surface area contributed by atoms with Crippen molar-refractivity contribution in [1.82, 2.24) is 20.9 Å². The van der Waals surface area contributed by atoms with Gasteiger partial charge in [-0.15, -0.1) is 24.0 Å². The van der Waals surface area contributed by atoms with Gasteiger partial charge in [0.1, 0.15) is 6.54 Å². The van der Waals surface area contributed by atoms with E-state index >= 15 is 0 Å². The van der Waals surface area contributed by atoms with Crippen LogP contribution in [0.4, 0.5) is 0 Å². The van der Waals surface area contributed by atoms with Crippen LogP contribution in [0.15, 0.2) is 4.99 Å². The average Bonchev–Trinajstić information content (AvgIpc) is 2.57. The first-order chi connectivity index (χ1) is 11.6. The molecular formula is C17H36IN5O2. The molecule has 0 aromatic rings. The SMILES string of the molecule is CCNC(=O)CN=C(NCC)NCC(CC(C)C)N1CCOCC1.I. The summed E-state index contributed by atoms with van der Waals surface area (Å²) in [5.74, 6) is 1.28. The number of hydrogen-bond acceptors (Lipinski definition) is 4. The average molecular weight is 469 g/mol. The zero-order valence-corrected chi connectivity index (χ0v) is 18.5. The lowest BCUT2D eigenvalue weighted by Crippen LogP contribution is -2.51. The molecule has 7 nitrogen and oxygen atoms in total. The third-order valence-electron chi connectivity index (χ3n) is 3.91. The van der Waals surface area contributed by atoms with Gasteiger partial charge in [0.05, 0.1) is 13.2 Å². The number of likely N-dealkylation sites (N-methyl/N-ethyl adjacent to an activating group) is 1. The zero-order valence-electron chi connectivity index (χ0n) is 16.1. The van der Waals surface area contributed by atoms with E-state index in [1.165, 1.54) is 0 Å². The van der Waals surface area contributed by atoms with Crippen LogP contribution in [0.2, 0.25) is 0 Å². The molecule has 8 heteroatoms. The maximum absolute atomic E-state index is 11.6. The Kier molecular flexibility index (Phi) is 14.2. The smallest absolute Gasteiger partial charge is 0.241 e. The van der Waals surface area contributed by atoms with Crippen LogP contribution in [0, 0.1) is 5.92 Å². The monoisotopic (exact) mass is 469 g/mol. The maximum Gasteiger partial charge on any atom is 0.241 e. The summed E-state index contributed by atoms with van der Waals surface area (Å²) in [4.78, 5) is 18.4. The molecule has 148 valence electrons. The summed E-state index contributed by atoms with van der Waals surface area (Å²) in [7, 11) is 0. The molecule has 1 unspecified atom stereocenters. The van der Waals surface area contributed by atoms with Crippen molar-refractivity contribution in [3.63, 3.8) is 0 Å². The molecule has 1 heterocycles. The largest absolute Gasteiger partial charge is 0.379 e. The third kappa shape index (κ3) is 10.9. The molecule has 1 rings (SSSR count). The second-order valence-corrected chi connectivity index (χ2v) is 6.46. The Morgan fingerprint density at radius 2 is 1.76 bits per heavy atom. The van der Waals surface area contributed by atoms with E-state index in [1.807, 2.05) is 13.8 Å². The molecule has 1 saturated heterocycles. The van der Waals surface area contributed by atoms with E-state index in [2.05, 4.69) is 39.7 Å². The Hall–Kier alpha value is -0.610. The normalized spacial score (nSPS) is 16.9. The predicted octanol–water partition coefficient (Wildman–Crippen LogP) is 1.04. The summed E-state index contributed by atoms with van der Waals surface area (Å²) in [5, 5.41) is 9.37. The van der Waals surface area contributed by atoms with Gasteiger partial charge in [0.2, 0.25) is 5.91 Å². The fourth-order valence-electron chi connectivity index (χ4n) is 2.81. The first-order valence-corrected chi connectivity index (χ1v) is 9.17. The van der Waals surface area contributed by atoms with Gasteiger partial charge < -0.3 is 20.7 Å². The number of amides is 1. The summed E-state index contributed by atoms with van der Waals surface area (Å²) >= 11 is 0. The van der Waals surface area contributed by atoms with Crippen molar-refractivity contribution >= 4 is 35.8 Å². The topological polar surface area (TPSA) is 78.0 Å². The third-order valence-corrected chi connectivity index (χ3v) is 3.91. The minimum Gasteiger partial charge on any atom is -0.379 e. The molecule has 0 aromatic carbocycles. The number of ether oxygens (including phenoxy) is 1. The molecule has 1 aliphatic rings. The number of carbonyl (C=O) groups is 1. The first-order valence-electron chi connectivity index (χ1n) is 9.17. The zero-order chi connectivity index (χ0) is 17.8. The highest BCUT2D eigenvalue weighted by Gasteiger charge is 2.22. The van der Waals surface area contributed by atoms with Crippen LogP contribution in [-0.2, 0) is 9.53 Å². The van der Waals surface area contributed by atoms with Crippen molar-refractivity contribution in [3.8, 4) is 0 Å². The second-order valence-electron chi connectivity index (χ2n) is 6.46. The Morgan fingerprint density at radius 1 is 1.12 bits per heavy atom. The predicted molar refractivity (Wildman–Crippen MR) is 114 cm³/mol. The van der Waals surface area contributed by atoms with Crippen molar-refractivity contribution in [3.05, 3.63) is 0 Å². The maximum atomic E-state index is 11.6. The van der Waals surface area contributed by atoms with Crippen molar-refractivity contribution in [2.45, 2.75) is 40.2 Å². The molecule has 3 N–H and O–H groups in total. The van der Waals surface area contributed by atoms with Crippen LogP contribution in [0.1, 0.15) is 34.1 Å². The van der Waals surface area contributed by atoms with Crippen LogP contribution in [-0.4, -0.2) is 75.3 Å². The van der Waals surface area contributed by atoms with E-state index in [0.29, 0.717) is 24.5 Å². The molecule has 0 spiro atoms. The van der Waals surface area contributed by atoms with Crippen LogP contribution >= 0.6 is 24.0 Å². The molecule has 0 bridgehead atoms. The van der Waals surface area contributed by atoms with Crippen molar-refractivity contribution in [2.75, 3.05) is 52.5 Å². The van der Waals surface area contributed by atoms with Crippen LogP contribution in [0.25, 0.3) is 0 Å². The Balaban J connectivity index is 0.00000576. The number of hydrogen-bond donors (Lipinski definition) is 3. The number of rotatable bonds is 9. The molecular weight excluding hydrogens is 433 g/mol. The highest BCUT2D eigenvalue weighted by atomic mass is 127. The molecule has 0 saturated carbocycles. The van der Waals surface area contributed by atoms with Gasteiger partial charge in [0.15, 0.2) is 5.96 Å². The minimum atomic E-state index is -0.0541. The summed E-state index contributed by atoms with van der Waals surface area (Å²) in [6.45, 7) is 14.4. The molecule has 0 aliphatic carbocycles. The van der Waals surface area contributed by atoms with Crippen LogP contribution in [0.3, 0.4) is 0 Å². The van der Waals surface area contributed by atoms with Crippen molar-refractivity contribution in [2.24, 2.45) is 10.9 Å². The second kappa shape index (κ2) is 14.5. The fraction of sp³-hybridized carbons (Fsp3) is 0.882. The molecule has 0 aromatic heterocycles. The van der Waals surface area contributed by atoms with E-state index < -0.39 is 0 Å². The van der Waals surface area contributed by atoms with Gasteiger partial charge in [-0.05, 0) is 26.2 Å². The van der Waals surface area contributed by atoms with E-state index in [-0.39, 0.29) is 36.4 Å². The Morgan fingerprint density at radius 3 is 2.32 bits per heavy atom. The summed E-state index contributed by atoms with van der Waals surface area (Å²) in [6, 6.07) is 0.447. The van der Waals surface area contributed by atoms with Gasteiger partial charge in [-0.25, -0.2) is 4.99 Å². The number of carbonyl (C=O) groups excluding carboxylic acids is 1. The molecule has 0 radical (unpaired) electrons. The molecule has 25 heavy (non-hydrogen) atoms. The minimum absolute atomic E-state index is 0. The van der Waals surface area contributed by atoms with E-state index in [1.54, 1.807) is 0 Å². The standard InChI is InChI=1S/C17H35N5O2.HI/c1-5-18-16(23)13-21-17(19-6-2)20-12-15(11-14(3)4)22-7-9-24-10-8-22;/h14-15H,5-13H2,1-4H3,(H,18,23)(H2,19,20,21);1H. The first kappa shape index (κ1) is 24.4. The van der Waals surface area contributed by atoms with Gasteiger partial charge >= 0.3 is 0 Å². The van der Waals surface area contributed by atoms with Gasteiger partial charge in [0.25, 0.3) is 0 Å². The molecule has 1 atom stereocenters. The summed E-state index contributed by atoms with van der Waals surface area (Å²) < 4.78 is 5.46. The molecule has 1 fully saturated rings. The number of nitrogens with one attached hydrogen (secondary N) is 3. The number of nitrogens with zero attached hydrogens (tertiary/aromatic N) is 2. The number of morpholine rings is 1. The summed E-state index contributed by atoms with van der Waals surface area (Å²) in [5.41, 5.74) is 0. The van der Waals surface area contributed by atoms with Crippen LogP contribution < -0.4 is 16.0 Å². The van der Waals surface area contributed by atoms with E-state index in [9.17, 15) is 4.79 Å².